The summed E-state index contributed by atoms with van der Waals surface area (Å²) in [6, 6.07) is 14.3. The Hall–Kier alpha value is -3.12. The predicted octanol–water partition coefficient (Wildman–Crippen LogP) is 2.99. The molecule has 0 bridgehead atoms. The van der Waals surface area contributed by atoms with Gasteiger partial charge in [-0.3, -0.25) is 9.59 Å². The number of aromatic nitrogens is 1. The van der Waals surface area contributed by atoms with Crippen LogP contribution in [0.2, 0.25) is 0 Å². The van der Waals surface area contributed by atoms with E-state index in [1.54, 1.807) is 25.3 Å². The number of carbonyl (C=O) groups excluding carboxylic acids is 1. The van der Waals surface area contributed by atoms with Gasteiger partial charge in [-0.25, -0.2) is 0 Å². The predicted molar refractivity (Wildman–Crippen MR) is 104 cm³/mol. The summed E-state index contributed by atoms with van der Waals surface area (Å²) in [7, 11) is 5.48. The summed E-state index contributed by atoms with van der Waals surface area (Å²) in [6.45, 7) is 0.352. The van der Waals surface area contributed by atoms with E-state index >= 15 is 0 Å². The van der Waals surface area contributed by atoms with E-state index in [-0.39, 0.29) is 11.5 Å². The van der Waals surface area contributed by atoms with Gasteiger partial charge in [-0.1, -0.05) is 6.07 Å². The second-order valence-corrected chi connectivity index (χ2v) is 6.25. The lowest BCUT2D eigenvalue weighted by atomic mass is 10.1. The van der Waals surface area contributed by atoms with Gasteiger partial charge in [-0.05, 0) is 42.0 Å². The molecular weight excluding hydrogens is 330 g/mol. The average Bonchev–Trinajstić information content (AvgIpc) is 2.61. The van der Waals surface area contributed by atoms with Crippen LogP contribution in [0.1, 0.15) is 15.9 Å². The van der Waals surface area contributed by atoms with Gasteiger partial charge in [0.1, 0.15) is 0 Å². The van der Waals surface area contributed by atoms with Crippen LogP contribution in [0.25, 0.3) is 10.9 Å². The van der Waals surface area contributed by atoms with Gasteiger partial charge in [0.15, 0.2) is 0 Å². The van der Waals surface area contributed by atoms with E-state index in [0.29, 0.717) is 23.4 Å². The molecule has 0 saturated heterocycles. The maximum atomic E-state index is 12.5. The van der Waals surface area contributed by atoms with E-state index in [9.17, 15) is 9.59 Å². The number of anilines is 2. The molecule has 0 atom stereocenters. The molecule has 0 fully saturated rings. The molecule has 0 aliphatic carbocycles. The van der Waals surface area contributed by atoms with E-state index in [1.807, 2.05) is 43.3 Å². The number of amides is 1. The molecule has 6 nitrogen and oxygen atoms in total. The first-order valence-electron chi connectivity index (χ1n) is 8.21. The molecule has 1 amide bonds. The molecular formula is C20H21N3O3. The first kappa shape index (κ1) is 17.7. The number of nitrogens with one attached hydrogen (secondary N) is 2. The molecule has 3 aromatic rings. The Bertz CT molecular complexity index is 991. The summed E-state index contributed by atoms with van der Waals surface area (Å²) in [5.74, 6) is -0.204. The number of H-pyrrole nitrogens is 1. The van der Waals surface area contributed by atoms with Crippen LogP contribution in [0.3, 0.4) is 0 Å². The monoisotopic (exact) mass is 351 g/mol. The van der Waals surface area contributed by atoms with Crippen LogP contribution in [-0.4, -0.2) is 32.1 Å². The van der Waals surface area contributed by atoms with Crippen molar-refractivity contribution < 1.29 is 9.53 Å². The first-order chi connectivity index (χ1) is 12.5. The van der Waals surface area contributed by atoms with Crippen molar-refractivity contribution in [2.75, 3.05) is 31.4 Å². The number of aromatic amines is 1. The molecule has 1 heterocycles. The van der Waals surface area contributed by atoms with Crippen LogP contribution in [0, 0.1) is 0 Å². The van der Waals surface area contributed by atoms with Crippen LogP contribution in [0.4, 0.5) is 11.4 Å². The van der Waals surface area contributed by atoms with E-state index in [1.165, 1.54) is 6.07 Å². The molecule has 134 valence electrons. The minimum Gasteiger partial charge on any atom is -0.380 e. The molecule has 0 aliphatic heterocycles. The summed E-state index contributed by atoms with van der Waals surface area (Å²) >= 11 is 0. The first-order valence-corrected chi connectivity index (χ1v) is 8.21. The fraction of sp³-hybridized carbons (Fsp3) is 0.200. The highest BCUT2D eigenvalue weighted by atomic mass is 16.5. The summed E-state index contributed by atoms with van der Waals surface area (Å²) in [4.78, 5) is 29.0. The molecule has 0 radical (unpaired) electrons. The third-order valence-corrected chi connectivity index (χ3v) is 4.13. The van der Waals surface area contributed by atoms with E-state index in [0.717, 1.165) is 16.6 Å². The molecule has 0 unspecified atom stereocenters. The number of ether oxygens (including phenoxy) is 1. The van der Waals surface area contributed by atoms with Crippen molar-refractivity contribution in [1.82, 2.24) is 4.98 Å². The standard InChI is InChI=1S/C20H21N3O3/c1-23(2)16-7-4-13(5-8-16)20(25)21-15-6-9-17-14(12-26-3)10-19(24)22-18(17)11-15/h4-11H,12H2,1-3H3,(H,21,25)(H,22,24). The quantitative estimate of drug-likeness (QED) is 0.741. The van der Waals surface area contributed by atoms with Crippen LogP contribution >= 0.6 is 0 Å². The zero-order valence-corrected chi connectivity index (χ0v) is 15.0. The number of fused-ring (bicyclic) bond motifs is 1. The van der Waals surface area contributed by atoms with Crippen molar-refractivity contribution in [3.63, 3.8) is 0 Å². The van der Waals surface area contributed by atoms with Gasteiger partial charge in [-0.15, -0.1) is 0 Å². The summed E-state index contributed by atoms with van der Waals surface area (Å²) in [5, 5.41) is 3.75. The Morgan fingerprint density at radius 2 is 1.85 bits per heavy atom. The number of methoxy groups -OCH3 is 1. The lowest BCUT2D eigenvalue weighted by Gasteiger charge is -2.13. The Balaban J connectivity index is 1.86. The fourth-order valence-corrected chi connectivity index (χ4v) is 2.80. The molecule has 0 aliphatic rings. The van der Waals surface area contributed by atoms with E-state index < -0.39 is 0 Å². The minimum absolute atomic E-state index is 0.202. The van der Waals surface area contributed by atoms with Gasteiger partial charge < -0.3 is 19.9 Å². The summed E-state index contributed by atoms with van der Waals surface area (Å²) in [5.41, 5.74) is 3.47. The topological polar surface area (TPSA) is 74.4 Å². The van der Waals surface area contributed by atoms with Gasteiger partial charge in [0.25, 0.3) is 5.91 Å². The molecule has 2 N–H and O–H groups in total. The van der Waals surface area contributed by atoms with E-state index in [4.69, 9.17) is 4.74 Å². The number of hydrogen-bond acceptors (Lipinski definition) is 4. The summed E-state index contributed by atoms with van der Waals surface area (Å²) < 4.78 is 5.14. The van der Waals surface area contributed by atoms with Gasteiger partial charge in [0, 0.05) is 49.6 Å². The Morgan fingerprint density at radius 1 is 1.12 bits per heavy atom. The SMILES string of the molecule is COCc1cc(=O)[nH]c2cc(NC(=O)c3ccc(N(C)C)cc3)ccc12. The normalized spacial score (nSPS) is 10.7. The van der Waals surface area contributed by atoms with Crippen molar-refractivity contribution in [3.05, 3.63) is 70.0 Å². The van der Waals surface area contributed by atoms with Crippen LogP contribution in [-0.2, 0) is 11.3 Å². The highest BCUT2D eigenvalue weighted by molar-refractivity contribution is 6.05. The number of pyridine rings is 1. The maximum Gasteiger partial charge on any atom is 0.255 e. The van der Waals surface area contributed by atoms with Gasteiger partial charge in [0.2, 0.25) is 5.56 Å². The molecule has 0 spiro atoms. The maximum absolute atomic E-state index is 12.5. The largest absolute Gasteiger partial charge is 0.380 e. The molecule has 26 heavy (non-hydrogen) atoms. The lowest BCUT2D eigenvalue weighted by Crippen LogP contribution is -2.13. The van der Waals surface area contributed by atoms with Crippen LogP contribution in [0.5, 0.6) is 0 Å². The highest BCUT2D eigenvalue weighted by Gasteiger charge is 2.09. The number of rotatable bonds is 5. The molecule has 1 aromatic heterocycles. The van der Waals surface area contributed by atoms with Gasteiger partial charge in [-0.2, -0.15) is 0 Å². The number of nitrogens with zero attached hydrogens (tertiary/aromatic N) is 1. The molecule has 2 aromatic carbocycles. The molecule has 6 heteroatoms. The van der Waals surface area contributed by atoms with Gasteiger partial charge >= 0.3 is 0 Å². The highest BCUT2D eigenvalue weighted by Crippen LogP contribution is 2.21. The third kappa shape index (κ3) is 3.75. The van der Waals surface area contributed by atoms with Crippen molar-refractivity contribution in [3.8, 4) is 0 Å². The second-order valence-electron chi connectivity index (χ2n) is 6.25. The van der Waals surface area contributed by atoms with Crippen LogP contribution in [0.15, 0.2) is 53.3 Å². The van der Waals surface area contributed by atoms with Crippen molar-refractivity contribution >= 4 is 28.2 Å². The summed E-state index contributed by atoms with van der Waals surface area (Å²) in [6.07, 6.45) is 0. The number of carbonyl (C=O) groups is 1. The molecule has 3 rings (SSSR count). The lowest BCUT2D eigenvalue weighted by molar-refractivity contribution is 0.102. The second kappa shape index (κ2) is 7.41. The minimum atomic E-state index is -0.204. The van der Waals surface area contributed by atoms with Crippen molar-refractivity contribution in [1.29, 1.82) is 0 Å². The average molecular weight is 351 g/mol. The Morgan fingerprint density at radius 3 is 2.50 bits per heavy atom. The number of hydrogen-bond donors (Lipinski definition) is 2. The zero-order valence-electron chi connectivity index (χ0n) is 15.0. The molecule has 0 saturated carbocycles. The third-order valence-electron chi connectivity index (χ3n) is 4.13. The Labute approximate surface area is 151 Å². The Kier molecular flexibility index (Phi) is 5.04. The fourth-order valence-electron chi connectivity index (χ4n) is 2.80. The zero-order chi connectivity index (χ0) is 18.7. The van der Waals surface area contributed by atoms with Crippen molar-refractivity contribution in [2.24, 2.45) is 0 Å². The van der Waals surface area contributed by atoms with Crippen molar-refractivity contribution in [2.45, 2.75) is 6.61 Å². The number of benzene rings is 2. The van der Waals surface area contributed by atoms with Crippen LogP contribution < -0.4 is 15.8 Å². The smallest absolute Gasteiger partial charge is 0.255 e. The van der Waals surface area contributed by atoms with Gasteiger partial charge in [0.05, 0.1) is 12.1 Å². The van der Waals surface area contributed by atoms with E-state index in [2.05, 4.69) is 10.3 Å².